The summed E-state index contributed by atoms with van der Waals surface area (Å²) in [5, 5.41) is 9.05. The molecule has 2 rings (SSSR count). The molecule has 1 aliphatic heterocycles. The van der Waals surface area contributed by atoms with Gasteiger partial charge >= 0.3 is 5.97 Å². The van der Waals surface area contributed by atoms with Gasteiger partial charge in [-0.15, -0.1) is 0 Å². The maximum Gasteiger partial charge on any atom is 0.323 e. The number of likely N-dealkylation sites (tertiary alicyclic amines) is 1. The highest BCUT2D eigenvalue weighted by molar-refractivity contribution is 5.84. The second-order valence-corrected chi connectivity index (χ2v) is 8.15. The number of carbonyl (C=O) groups excluding carboxylic acids is 2. The highest BCUT2D eigenvalue weighted by Gasteiger charge is 2.46. The summed E-state index contributed by atoms with van der Waals surface area (Å²) in [6, 6.07) is -0.0890. The number of carboxylic acid groups (broad SMARTS) is 1. The smallest absolute Gasteiger partial charge is 0.323 e. The van der Waals surface area contributed by atoms with E-state index in [1.165, 1.54) is 11.8 Å². The molecule has 1 saturated carbocycles. The molecular weight excluding hydrogens is 320 g/mol. The lowest BCUT2D eigenvalue weighted by Crippen LogP contribution is -2.49. The fourth-order valence-electron chi connectivity index (χ4n) is 4.46. The number of carbonyl (C=O) groups is 3. The lowest BCUT2D eigenvalue weighted by Gasteiger charge is -2.44. The molecule has 2 amide bonds. The fraction of sp³-hybridized carbons (Fsp3) is 0.842. The van der Waals surface area contributed by atoms with E-state index in [2.05, 4.69) is 13.8 Å². The number of hydrogen-bond donors (Lipinski definition) is 1. The van der Waals surface area contributed by atoms with Crippen molar-refractivity contribution in [3.63, 3.8) is 0 Å². The summed E-state index contributed by atoms with van der Waals surface area (Å²) in [4.78, 5) is 39.4. The summed E-state index contributed by atoms with van der Waals surface area (Å²) in [6.45, 7) is 6.83. The van der Waals surface area contributed by atoms with E-state index in [0.29, 0.717) is 25.4 Å². The van der Waals surface area contributed by atoms with Crippen LogP contribution in [0, 0.1) is 11.3 Å². The largest absolute Gasteiger partial charge is 0.480 e. The molecule has 0 aromatic heterocycles. The Kier molecular flexibility index (Phi) is 6.47. The Morgan fingerprint density at radius 3 is 2.32 bits per heavy atom. The van der Waals surface area contributed by atoms with Crippen LogP contribution in [0.25, 0.3) is 0 Å². The van der Waals surface area contributed by atoms with Crippen LogP contribution in [0.15, 0.2) is 0 Å². The van der Waals surface area contributed by atoms with E-state index in [9.17, 15) is 14.4 Å². The molecule has 6 heteroatoms. The zero-order valence-electron chi connectivity index (χ0n) is 15.8. The summed E-state index contributed by atoms with van der Waals surface area (Å²) >= 11 is 0. The Balaban J connectivity index is 2.01. The summed E-state index contributed by atoms with van der Waals surface area (Å²) < 4.78 is 0. The van der Waals surface area contributed by atoms with Gasteiger partial charge in [0, 0.05) is 31.5 Å². The van der Waals surface area contributed by atoms with Gasteiger partial charge in [0.25, 0.3) is 0 Å². The average molecular weight is 352 g/mol. The van der Waals surface area contributed by atoms with Crippen molar-refractivity contribution < 1.29 is 19.5 Å². The number of nitrogens with zero attached hydrogens (tertiary/aromatic N) is 2. The molecule has 2 aliphatic rings. The third kappa shape index (κ3) is 4.73. The van der Waals surface area contributed by atoms with Crippen LogP contribution >= 0.6 is 0 Å². The predicted octanol–water partition coefficient (Wildman–Crippen LogP) is 2.52. The van der Waals surface area contributed by atoms with E-state index < -0.39 is 5.97 Å². The topological polar surface area (TPSA) is 77.9 Å². The van der Waals surface area contributed by atoms with Gasteiger partial charge < -0.3 is 14.9 Å². The molecule has 0 aromatic carbocycles. The molecule has 25 heavy (non-hydrogen) atoms. The Hall–Kier alpha value is -1.59. The van der Waals surface area contributed by atoms with Crippen LogP contribution in [0.1, 0.15) is 65.7 Å². The van der Waals surface area contributed by atoms with Crippen molar-refractivity contribution in [2.45, 2.75) is 71.8 Å². The molecule has 2 fully saturated rings. The zero-order chi connectivity index (χ0) is 18.6. The highest BCUT2D eigenvalue weighted by atomic mass is 16.4. The van der Waals surface area contributed by atoms with Crippen LogP contribution in [0.5, 0.6) is 0 Å². The van der Waals surface area contributed by atoms with Crippen LogP contribution < -0.4 is 0 Å². The minimum absolute atomic E-state index is 0.0890. The van der Waals surface area contributed by atoms with Gasteiger partial charge in [-0.25, -0.2) is 0 Å². The molecule has 1 atom stereocenters. The Morgan fingerprint density at radius 2 is 1.84 bits per heavy atom. The van der Waals surface area contributed by atoms with Crippen molar-refractivity contribution in [1.29, 1.82) is 0 Å². The van der Waals surface area contributed by atoms with Crippen LogP contribution in [-0.2, 0) is 14.4 Å². The minimum atomic E-state index is -0.988. The SMILES string of the molecule is CC(=O)N(CC(=O)O)C1CCCN(C(=O)C2(CC(C)C)CCC2)CC1. The molecule has 0 bridgehead atoms. The molecule has 1 aliphatic carbocycles. The number of amides is 2. The van der Waals surface area contributed by atoms with E-state index in [0.717, 1.165) is 38.5 Å². The molecule has 6 nitrogen and oxygen atoms in total. The van der Waals surface area contributed by atoms with Crippen LogP contribution in [0.3, 0.4) is 0 Å². The van der Waals surface area contributed by atoms with Crippen LogP contribution in [0.2, 0.25) is 0 Å². The summed E-state index contributed by atoms with van der Waals surface area (Å²) in [7, 11) is 0. The van der Waals surface area contributed by atoms with Gasteiger partial charge in [0.15, 0.2) is 0 Å². The predicted molar refractivity (Wildman–Crippen MR) is 95.0 cm³/mol. The van der Waals surface area contributed by atoms with Gasteiger partial charge in [0.05, 0.1) is 0 Å². The van der Waals surface area contributed by atoms with E-state index in [1.54, 1.807) is 0 Å². The first-order valence-corrected chi connectivity index (χ1v) is 9.53. The van der Waals surface area contributed by atoms with Crippen LogP contribution in [0.4, 0.5) is 0 Å². The van der Waals surface area contributed by atoms with E-state index >= 15 is 0 Å². The van der Waals surface area contributed by atoms with Gasteiger partial charge in [0.1, 0.15) is 6.54 Å². The average Bonchev–Trinajstić information content (AvgIpc) is 2.73. The van der Waals surface area contributed by atoms with Crippen molar-refractivity contribution in [2.75, 3.05) is 19.6 Å². The molecular formula is C19H32N2O4. The summed E-state index contributed by atoms with van der Waals surface area (Å²) in [5.41, 5.74) is -0.171. The molecule has 1 heterocycles. The van der Waals surface area contributed by atoms with E-state index in [4.69, 9.17) is 5.11 Å². The van der Waals surface area contributed by atoms with E-state index in [-0.39, 0.29) is 29.8 Å². The third-order valence-corrected chi connectivity index (χ3v) is 5.70. The Labute approximate surface area is 150 Å². The molecule has 1 saturated heterocycles. The molecule has 1 unspecified atom stereocenters. The van der Waals surface area contributed by atoms with Gasteiger partial charge in [0.2, 0.25) is 11.8 Å². The summed E-state index contributed by atoms with van der Waals surface area (Å²) in [6.07, 6.45) is 6.29. The van der Waals surface area contributed by atoms with E-state index in [1.807, 2.05) is 4.90 Å². The molecule has 0 aromatic rings. The van der Waals surface area contributed by atoms with Crippen molar-refractivity contribution >= 4 is 17.8 Å². The van der Waals surface area contributed by atoms with Crippen molar-refractivity contribution in [1.82, 2.24) is 9.80 Å². The first kappa shape index (κ1) is 19.7. The van der Waals surface area contributed by atoms with Crippen molar-refractivity contribution in [3.8, 4) is 0 Å². The Bertz CT molecular complexity index is 514. The van der Waals surface area contributed by atoms with Gasteiger partial charge in [-0.05, 0) is 44.4 Å². The second kappa shape index (κ2) is 8.19. The number of hydrogen-bond acceptors (Lipinski definition) is 3. The monoisotopic (exact) mass is 352 g/mol. The third-order valence-electron chi connectivity index (χ3n) is 5.70. The lowest BCUT2D eigenvalue weighted by atomic mass is 9.63. The first-order chi connectivity index (χ1) is 11.7. The minimum Gasteiger partial charge on any atom is -0.480 e. The standard InChI is InChI=1S/C19H32N2O4/c1-14(2)12-19(8-5-9-19)18(25)20-10-4-6-16(7-11-20)21(15(3)22)13-17(23)24/h14,16H,4-13H2,1-3H3,(H,23,24). The fourth-order valence-corrected chi connectivity index (χ4v) is 4.46. The maximum atomic E-state index is 13.1. The van der Waals surface area contributed by atoms with Crippen molar-refractivity contribution in [3.05, 3.63) is 0 Å². The molecule has 142 valence electrons. The van der Waals surface area contributed by atoms with Gasteiger partial charge in [-0.1, -0.05) is 20.3 Å². The lowest BCUT2D eigenvalue weighted by molar-refractivity contribution is -0.149. The maximum absolute atomic E-state index is 13.1. The number of carboxylic acids is 1. The van der Waals surface area contributed by atoms with Gasteiger partial charge in [-0.3, -0.25) is 14.4 Å². The zero-order valence-corrected chi connectivity index (χ0v) is 15.8. The molecule has 1 N–H and O–H groups in total. The number of rotatable bonds is 6. The van der Waals surface area contributed by atoms with Crippen molar-refractivity contribution in [2.24, 2.45) is 11.3 Å². The molecule has 0 radical (unpaired) electrons. The quantitative estimate of drug-likeness (QED) is 0.797. The normalized spacial score (nSPS) is 22.9. The molecule has 0 spiro atoms. The van der Waals surface area contributed by atoms with Gasteiger partial charge in [-0.2, -0.15) is 0 Å². The second-order valence-electron chi connectivity index (χ2n) is 8.15. The Morgan fingerprint density at radius 1 is 1.16 bits per heavy atom. The first-order valence-electron chi connectivity index (χ1n) is 9.53. The van der Waals surface area contributed by atoms with Crippen LogP contribution in [-0.4, -0.2) is 58.4 Å². The highest BCUT2D eigenvalue weighted by Crippen LogP contribution is 2.47. The summed E-state index contributed by atoms with van der Waals surface area (Å²) in [5.74, 6) is -0.409. The number of aliphatic carboxylic acids is 1.